The van der Waals surface area contributed by atoms with Crippen molar-refractivity contribution in [3.8, 4) is 11.5 Å². The zero-order valence-electron chi connectivity index (χ0n) is 11.8. The van der Waals surface area contributed by atoms with Crippen molar-refractivity contribution in [3.05, 3.63) is 24.3 Å². The summed E-state index contributed by atoms with van der Waals surface area (Å²) < 4.78 is 10.6. The Balaban J connectivity index is 2.39. The Labute approximate surface area is 119 Å². The molecule has 0 aromatic heterocycles. The van der Waals surface area contributed by atoms with E-state index in [0.717, 1.165) is 4.90 Å². The zero-order chi connectivity index (χ0) is 14.8. The highest BCUT2D eigenvalue weighted by Gasteiger charge is 2.15. The number of benzene rings is 1. The fraction of sp³-hybridized carbons (Fsp3) is 0.571. The van der Waals surface area contributed by atoms with Gasteiger partial charge in [-0.1, -0.05) is 6.07 Å². The molecule has 0 amide bonds. The van der Waals surface area contributed by atoms with Crippen LogP contribution in [0.4, 0.5) is 0 Å². The molecule has 6 nitrogen and oxygen atoms in total. The van der Waals surface area contributed by atoms with E-state index in [1.165, 1.54) is 0 Å². The van der Waals surface area contributed by atoms with Crippen molar-refractivity contribution in [3.63, 3.8) is 0 Å². The van der Waals surface area contributed by atoms with Crippen molar-refractivity contribution in [2.75, 3.05) is 46.6 Å². The summed E-state index contributed by atoms with van der Waals surface area (Å²) in [4.78, 5) is 0.941. The number of hydrogen-bond acceptors (Lipinski definition) is 5. The van der Waals surface area contributed by atoms with Crippen LogP contribution in [0.2, 0.25) is 0 Å². The highest BCUT2D eigenvalue weighted by molar-refractivity contribution is 5.32. The van der Waals surface area contributed by atoms with Crippen LogP contribution in [0.5, 0.6) is 11.5 Å². The first-order valence-corrected chi connectivity index (χ1v) is 6.69. The number of aliphatic hydroxyl groups is 3. The van der Waals surface area contributed by atoms with Gasteiger partial charge in [0.15, 0.2) is 0 Å². The van der Waals surface area contributed by atoms with Crippen molar-refractivity contribution in [2.24, 2.45) is 0 Å². The van der Waals surface area contributed by atoms with Gasteiger partial charge in [0, 0.05) is 6.07 Å². The second-order valence-corrected chi connectivity index (χ2v) is 4.55. The molecular formula is C14H24NO5+. The molecule has 0 aliphatic rings. The molecule has 1 aromatic rings. The molecule has 0 spiro atoms. The Morgan fingerprint density at radius 1 is 1.15 bits per heavy atom. The van der Waals surface area contributed by atoms with Gasteiger partial charge in [0.05, 0.1) is 20.3 Å². The molecule has 4 N–H and O–H groups in total. The Morgan fingerprint density at radius 3 is 2.40 bits per heavy atom. The summed E-state index contributed by atoms with van der Waals surface area (Å²) in [7, 11) is 1.58. The first-order valence-electron chi connectivity index (χ1n) is 6.69. The maximum absolute atomic E-state index is 9.92. The molecule has 6 heteroatoms. The van der Waals surface area contributed by atoms with E-state index in [2.05, 4.69) is 0 Å². The van der Waals surface area contributed by atoms with Crippen LogP contribution >= 0.6 is 0 Å². The number of methoxy groups -OCH3 is 1. The third-order valence-corrected chi connectivity index (χ3v) is 2.94. The maximum atomic E-state index is 9.92. The van der Waals surface area contributed by atoms with E-state index in [-0.39, 0.29) is 19.8 Å². The normalized spacial score (nSPS) is 12.4. The number of quaternary nitrogens is 1. The SMILES string of the molecule is COc1cccc(OC[C@H](O)C[NH+](CCO)CCO)c1. The van der Waals surface area contributed by atoms with Gasteiger partial charge in [-0.15, -0.1) is 0 Å². The molecule has 0 bridgehead atoms. The topological polar surface area (TPSA) is 83.6 Å². The second-order valence-electron chi connectivity index (χ2n) is 4.55. The summed E-state index contributed by atoms with van der Waals surface area (Å²) in [5.41, 5.74) is 0. The van der Waals surface area contributed by atoms with Crippen LogP contribution in [0, 0.1) is 0 Å². The number of rotatable bonds is 10. The molecule has 20 heavy (non-hydrogen) atoms. The lowest BCUT2D eigenvalue weighted by atomic mass is 10.3. The number of hydrogen-bond donors (Lipinski definition) is 4. The van der Waals surface area contributed by atoms with E-state index in [1.54, 1.807) is 19.2 Å². The third kappa shape index (κ3) is 6.21. The van der Waals surface area contributed by atoms with Crippen molar-refractivity contribution < 1.29 is 29.7 Å². The third-order valence-electron chi connectivity index (χ3n) is 2.94. The van der Waals surface area contributed by atoms with Gasteiger partial charge in [-0.3, -0.25) is 0 Å². The summed E-state index contributed by atoms with van der Waals surface area (Å²) in [5, 5.41) is 27.7. The minimum atomic E-state index is -0.658. The van der Waals surface area contributed by atoms with Gasteiger partial charge in [-0.25, -0.2) is 0 Å². The summed E-state index contributed by atoms with van der Waals surface area (Å²) in [5.74, 6) is 1.33. The van der Waals surface area contributed by atoms with Crippen molar-refractivity contribution in [1.82, 2.24) is 0 Å². The van der Waals surface area contributed by atoms with Crippen molar-refractivity contribution in [2.45, 2.75) is 6.10 Å². The van der Waals surface area contributed by atoms with Gasteiger partial charge >= 0.3 is 0 Å². The van der Waals surface area contributed by atoms with Crippen molar-refractivity contribution in [1.29, 1.82) is 0 Å². The molecule has 1 rings (SSSR count). The van der Waals surface area contributed by atoms with Crippen molar-refractivity contribution >= 4 is 0 Å². The predicted molar refractivity (Wildman–Crippen MR) is 74.2 cm³/mol. The largest absolute Gasteiger partial charge is 0.497 e. The Morgan fingerprint density at radius 2 is 1.80 bits per heavy atom. The summed E-state index contributed by atoms with van der Waals surface area (Å²) in [6, 6.07) is 7.17. The highest BCUT2D eigenvalue weighted by atomic mass is 16.5. The molecule has 0 saturated heterocycles. The molecule has 1 aromatic carbocycles. The fourth-order valence-corrected chi connectivity index (χ4v) is 1.92. The monoisotopic (exact) mass is 286 g/mol. The van der Waals surface area contributed by atoms with Gasteiger partial charge in [0.2, 0.25) is 0 Å². The average Bonchev–Trinajstić information content (AvgIpc) is 2.46. The Kier molecular flexibility index (Phi) is 7.98. The van der Waals surface area contributed by atoms with Crippen LogP contribution in [-0.4, -0.2) is 68.0 Å². The van der Waals surface area contributed by atoms with Crippen LogP contribution in [0.15, 0.2) is 24.3 Å². The molecular weight excluding hydrogens is 262 g/mol. The first kappa shape index (κ1) is 16.7. The van der Waals surface area contributed by atoms with E-state index < -0.39 is 6.10 Å². The molecule has 1 atom stereocenters. The summed E-state index contributed by atoms with van der Waals surface area (Å²) >= 11 is 0. The maximum Gasteiger partial charge on any atom is 0.137 e. The summed E-state index contributed by atoms with van der Waals surface area (Å²) in [6.45, 7) is 1.63. The molecule has 0 saturated carbocycles. The average molecular weight is 286 g/mol. The number of ether oxygens (including phenoxy) is 2. The molecule has 114 valence electrons. The standard InChI is InChI=1S/C14H23NO5/c1-19-13-3-2-4-14(9-13)20-11-12(18)10-15(5-7-16)6-8-17/h2-4,9,12,16-18H,5-8,10-11H2,1H3/p+1/t12-/m1/s1. The molecule has 0 fully saturated rings. The molecule has 0 unspecified atom stereocenters. The minimum Gasteiger partial charge on any atom is -0.497 e. The minimum absolute atomic E-state index is 0.0266. The van der Waals surface area contributed by atoms with Crippen LogP contribution < -0.4 is 14.4 Å². The van der Waals surface area contributed by atoms with E-state index in [0.29, 0.717) is 31.1 Å². The molecule has 0 heterocycles. The lowest BCUT2D eigenvalue weighted by Crippen LogP contribution is -3.14. The molecule has 0 aliphatic heterocycles. The Hall–Kier alpha value is -1.34. The first-order chi connectivity index (χ1) is 9.69. The van der Waals surface area contributed by atoms with E-state index in [9.17, 15) is 5.11 Å². The van der Waals surface area contributed by atoms with Gasteiger partial charge < -0.3 is 29.7 Å². The van der Waals surface area contributed by atoms with E-state index >= 15 is 0 Å². The van der Waals surface area contributed by atoms with E-state index in [1.807, 2.05) is 12.1 Å². The van der Waals surface area contributed by atoms with Gasteiger partial charge in [0.1, 0.15) is 43.8 Å². The van der Waals surface area contributed by atoms with Gasteiger partial charge in [-0.05, 0) is 12.1 Å². The number of nitrogens with one attached hydrogen (secondary N) is 1. The summed E-state index contributed by atoms with van der Waals surface area (Å²) in [6.07, 6.45) is -0.658. The van der Waals surface area contributed by atoms with Crippen LogP contribution in [0.1, 0.15) is 0 Å². The van der Waals surface area contributed by atoms with Crippen LogP contribution in [0.25, 0.3) is 0 Å². The van der Waals surface area contributed by atoms with Gasteiger partial charge in [-0.2, -0.15) is 0 Å². The number of aliphatic hydroxyl groups excluding tert-OH is 3. The molecule has 0 radical (unpaired) electrons. The molecule has 0 aliphatic carbocycles. The smallest absolute Gasteiger partial charge is 0.137 e. The fourth-order valence-electron chi connectivity index (χ4n) is 1.92. The second kappa shape index (κ2) is 9.55. The Bertz CT molecular complexity index is 368. The van der Waals surface area contributed by atoms with Crippen LogP contribution in [-0.2, 0) is 0 Å². The predicted octanol–water partition coefficient (Wildman–Crippen LogP) is -1.70. The van der Waals surface area contributed by atoms with Crippen LogP contribution in [0.3, 0.4) is 0 Å². The highest BCUT2D eigenvalue weighted by Crippen LogP contribution is 2.18. The zero-order valence-corrected chi connectivity index (χ0v) is 11.8. The van der Waals surface area contributed by atoms with Gasteiger partial charge in [0.25, 0.3) is 0 Å². The quantitative estimate of drug-likeness (QED) is 0.412. The lowest BCUT2D eigenvalue weighted by Gasteiger charge is -2.21. The van der Waals surface area contributed by atoms with E-state index in [4.69, 9.17) is 19.7 Å². The lowest BCUT2D eigenvalue weighted by molar-refractivity contribution is -0.903.